The number of ether oxygens (including phenoxy) is 1. The second-order valence-electron chi connectivity index (χ2n) is 4.48. The minimum Gasteiger partial charge on any atom is -0.479 e. The van der Waals surface area contributed by atoms with Crippen LogP contribution in [0.1, 0.15) is 13.8 Å². The van der Waals surface area contributed by atoms with Crippen LogP contribution in [0.25, 0.3) is 0 Å². The Balaban J connectivity index is 2.21. The van der Waals surface area contributed by atoms with Crippen molar-refractivity contribution in [2.24, 2.45) is 5.73 Å². The average Bonchev–Trinajstić information content (AvgIpc) is 2.43. The molecule has 0 radical (unpaired) electrons. The zero-order valence-corrected chi connectivity index (χ0v) is 11.4. The van der Waals surface area contributed by atoms with Gasteiger partial charge in [0.1, 0.15) is 12.5 Å². The standard InChI is InChI=1S/C15H16N2O3/c1-9-7-13(18)14(10(2)15(9)19)17-11-3-5-12(6-4-11)20-8-16/h3-7,17H,8,16H2,1-2H3. The number of rotatable bonds is 4. The number of carbonyl (C=O) groups is 2. The number of hydrogen-bond acceptors (Lipinski definition) is 5. The fraction of sp³-hybridized carbons (Fsp3) is 0.200. The van der Waals surface area contributed by atoms with Crippen molar-refractivity contribution in [3.63, 3.8) is 0 Å². The van der Waals surface area contributed by atoms with Gasteiger partial charge in [0.2, 0.25) is 5.78 Å². The summed E-state index contributed by atoms with van der Waals surface area (Å²) in [6.45, 7) is 3.39. The van der Waals surface area contributed by atoms with E-state index in [0.29, 0.717) is 28.3 Å². The van der Waals surface area contributed by atoms with Crippen molar-refractivity contribution >= 4 is 17.3 Å². The fourth-order valence-electron chi connectivity index (χ4n) is 1.96. The first-order chi connectivity index (χ1) is 9.52. The maximum Gasteiger partial charge on any atom is 0.202 e. The lowest BCUT2D eigenvalue weighted by molar-refractivity contribution is -0.115. The van der Waals surface area contributed by atoms with E-state index in [1.807, 2.05) is 0 Å². The summed E-state index contributed by atoms with van der Waals surface area (Å²) in [6.07, 6.45) is 1.35. The Hall–Kier alpha value is -2.40. The molecule has 0 saturated heterocycles. The van der Waals surface area contributed by atoms with Crippen LogP contribution in [0.5, 0.6) is 5.75 Å². The molecule has 0 amide bonds. The summed E-state index contributed by atoms with van der Waals surface area (Å²) >= 11 is 0. The molecule has 5 nitrogen and oxygen atoms in total. The predicted molar refractivity (Wildman–Crippen MR) is 76.2 cm³/mol. The lowest BCUT2D eigenvalue weighted by atomic mass is 9.95. The third-order valence-corrected chi connectivity index (χ3v) is 3.04. The zero-order valence-electron chi connectivity index (χ0n) is 11.4. The summed E-state index contributed by atoms with van der Waals surface area (Å²) in [7, 11) is 0. The molecule has 3 N–H and O–H groups in total. The summed E-state index contributed by atoms with van der Waals surface area (Å²) in [5.41, 5.74) is 7.19. The van der Waals surface area contributed by atoms with Crippen molar-refractivity contribution in [2.45, 2.75) is 13.8 Å². The largest absolute Gasteiger partial charge is 0.479 e. The summed E-state index contributed by atoms with van der Waals surface area (Å²) in [4.78, 5) is 23.8. The summed E-state index contributed by atoms with van der Waals surface area (Å²) in [6, 6.07) is 6.99. The second kappa shape index (κ2) is 5.71. The number of nitrogens with one attached hydrogen (secondary N) is 1. The molecule has 0 unspecified atom stereocenters. The van der Waals surface area contributed by atoms with Crippen LogP contribution in [-0.4, -0.2) is 18.3 Å². The summed E-state index contributed by atoms with van der Waals surface area (Å²) in [5.74, 6) is 0.336. The van der Waals surface area contributed by atoms with Crippen LogP contribution >= 0.6 is 0 Å². The van der Waals surface area contributed by atoms with Gasteiger partial charge in [-0.1, -0.05) is 0 Å². The smallest absolute Gasteiger partial charge is 0.202 e. The van der Waals surface area contributed by atoms with E-state index in [4.69, 9.17) is 10.5 Å². The molecule has 104 valence electrons. The van der Waals surface area contributed by atoms with Gasteiger partial charge in [0.05, 0.1) is 5.70 Å². The highest BCUT2D eigenvalue weighted by Gasteiger charge is 2.23. The highest BCUT2D eigenvalue weighted by Crippen LogP contribution is 2.22. The minimum absolute atomic E-state index is 0.105. The number of hydrogen-bond donors (Lipinski definition) is 2. The minimum atomic E-state index is -0.193. The van der Waals surface area contributed by atoms with E-state index >= 15 is 0 Å². The first-order valence-corrected chi connectivity index (χ1v) is 6.21. The van der Waals surface area contributed by atoms with Crippen LogP contribution in [0.2, 0.25) is 0 Å². The van der Waals surface area contributed by atoms with Gasteiger partial charge in [0.15, 0.2) is 5.78 Å². The second-order valence-corrected chi connectivity index (χ2v) is 4.48. The van der Waals surface area contributed by atoms with Crippen molar-refractivity contribution in [1.29, 1.82) is 0 Å². The van der Waals surface area contributed by atoms with E-state index in [-0.39, 0.29) is 18.3 Å². The first kappa shape index (κ1) is 14.0. The predicted octanol–water partition coefficient (Wildman–Crippen LogP) is 1.77. The van der Waals surface area contributed by atoms with Crippen molar-refractivity contribution < 1.29 is 14.3 Å². The first-order valence-electron chi connectivity index (χ1n) is 6.21. The Morgan fingerprint density at radius 2 is 1.80 bits per heavy atom. The van der Waals surface area contributed by atoms with Gasteiger partial charge in [0, 0.05) is 16.8 Å². The van der Waals surface area contributed by atoms with Crippen molar-refractivity contribution in [1.82, 2.24) is 0 Å². The van der Waals surface area contributed by atoms with Crippen LogP contribution in [-0.2, 0) is 9.59 Å². The number of benzene rings is 1. The van der Waals surface area contributed by atoms with Crippen LogP contribution in [0, 0.1) is 0 Å². The zero-order chi connectivity index (χ0) is 14.7. The van der Waals surface area contributed by atoms with Gasteiger partial charge in [-0.25, -0.2) is 0 Å². The van der Waals surface area contributed by atoms with Gasteiger partial charge in [-0.2, -0.15) is 0 Å². The van der Waals surface area contributed by atoms with E-state index in [2.05, 4.69) is 5.32 Å². The number of ketones is 2. The van der Waals surface area contributed by atoms with E-state index in [1.54, 1.807) is 38.1 Å². The van der Waals surface area contributed by atoms with Crippen molar-refractivity contribution in [3.05, 3.63) is 47.2 Å². The van der Waals surface area contributed by atoms with Crippen LogP contribution in [0.15, 0.2) is 47.2 Å². The van der Waals surface area contributed by atoms with Gasteiger partial charge in [-0.05, 0) is 44.2 Å². The SMILES string of the molecule is CC1=CC(=O)C(Nc2ccc(OCN)cc2)=C(C)C1=O. The number of nitrogens with two attached hydrogens (primary N) is 1. The lowest BCUT2D eigenvalue weighted by Crippen LogP contribution is -2.21. The fourth-order valence-corrected chi connectivity index (χ4v) is 1.96. The van der Waals surface area contributed by atoms with Crippen LogP contribution in [0.4, 0.5) is 5.69 Å². The monoisotopic (exact) mass is 272 g/mol. The maximum absolute atomic E-state index is 11.9. The van der Waals surface area contributed by atoms with Gasteiger partial charge in [-0.15, -0.1) is 0 Å². The Bertz CT molecular complexity index is 613. The topological polar surface area (TPSA) is 81.4 Å². The molecule has 20 heavy (non-hydrogen) atoms. The molecule has 0 saturated carbocycles. The third kappa shape index (κ3) is 2.78. The summed E-state index contributed by atoms with van der Waals surface area (Å²) in [5, 5.41) is 2.98. The number of Topliss-reactive ketones (excluding diaryl/α,β-unsaturated/α-hetero) is 1. The molecular weight excluding hydrogens is 256 g/mol. The normalized spacial score (nSPS) is 15.2. The highest BCUT2D eigenvalue weighted by molar-refractivity contribution is 6.23. The molecule has 0 spiro atoms. The average molecular weight is 272 g/mol. The van der Waals surface area contributed by atoms with Crippen molar-refractivity contribution in [3.8, 4) is 5.75 Å². The van der Waals surface area contributed by atoms with Gasteiger partial charge in [-0.3, -0.25) is 15.3 Å². The summed E-state index contributed by atoms with van der Waals surface area (Å²) < 4.78 is 5.13. The molecule has 2 rings (SSSR count). The van der Waals surface area contributed by atoms with Gasteiger partial charge >= 0.3 is 0 Å². The van der Waals surface area contributed by atoms with Gasteiger partial charge in [0.25, 0.3) is 0 Å². The molecule has 0 aliphatic heterocycles. The molecule has 1 aliphatic carbocycles. The van der Waals surface area contributed by atoms with Gasteiger partial charge < -0.3 is 10.1 Å². The Morgan fingerprint density at radius 1 is 1.15 bits per heavy atom. The number of carbonyl (C=O) groups excluding carboxylic acids is 2. The molecule has 0 aromatic heterocycles. The lowest BCUT2D eigenvalue weighted by Gasteiger charge is -2.16. The molecule has 0 bridgehead atoms. The van der Waals surface area contributed by atoms with Crippen LogP contribution in [0.3, 0.4) is 0 Å². The quantitative estimate of drug-likeness (QED) is 0.645. The Morgan fingerprint density at radius 3 is 2.40 bits per heavy atom. The van der Waals surface area contributed by atoms with E-state index in [1.165, 1.54) is 6.08 Å². The molecular formula is C15H16N2O3. The van der Waals surface area contributed by atoms with E-state index in [0.717, 1.165) is 0 Å². The highest BCUT2D eigenvalue weighted by atomic mass is 16.5. The third-order valence-electron chi connectivity index (χ3n) is 3.04. The molecule has 1 aromatic rings. The number of anilines is 1. The molecule has 1 aliphatic rings. The Kier molecular flexibility index (Phi) is 4.00. The molecule has 5 heteroatoms. The van der Waals surface area contributed by atoms with E-state index < -0.39 is 0 Å². The molecule has 0 atom stereocenters. The van der Waals surface area contributed by atoms with Crippen LogP contribution < -0.4 is 15.8 Å². The number of allylic oxidation sites excluding steroid dienone is 3. The Labute approximate surface area is 117 Å². The van der Waals surface area contributed by atoms with Crippen molar-refractivity contribution in [2.75, 3.05) is 12.0 Å². The maximum atomic E-state index is 11.9. The molecule has 0 fully saturated rings. The molecule has 0 heterocycles. The molecule has 1 aromatic carbocycles. The van der Waals surface area contributed by atoms with E-state index in [9.17, 15) is 9.59 Å².